The van der Waals surface area contributed by atoms with Crippen LogP contribution in [0.25, 0.3) is 0 Å². The number of rotatable bonds is 4. The quantitative estimate of drug-likeness (QED) is 0.887. The lowest BCUT2D eigenvalue weighted by molar-refractivity contribution is -0.153. The smallest absolute Gasteiger partial charge is 0.422 e. The van der Waals surface area contributed by atoms with Gasteiger partial charge < -0.3 is 15.8 Å². The first kappa shape index (κ1) is 14.0. The Morgan fingerprint density at radius 3 is 2.63 bits per heavy atom. The molecule has 1 aliphatic carbocycles. The maximum Gasteiger partial charge on any atom is 0.422 e. The highest BCUT2D eigenvalue weighted by atomic mass is 19.4. The molecule has 1 aromatic carbocycles. The third-order valence-electron chi connectivity index (χ3n) is 3.11. The molecule has 1 aromatic rings. The summed E-state index contributed by atoms with van der Waals surface area (Å²) in [5.74, 6) is 0.222. The monoisotopic (exact) mass is 274 g/mol. The first-order valence-corrected chi connectivity index (χ1v) is 6.25. The lowest BCUT2D eigenvalue weighted by atomic mass is 10.2. The van der Waals surface area contributed by atoms with Crippen LogP contribution in [0.2, 0.25) is 0 Å². The summed E-state index contributed by atoms with van der Waals surface area (Å²) < 4.78 is 41.3. The summed E-state index contributed by atoms with van der Waals surface area (Å²) in [4.78, 5) is 0. The van der Waals surface area contributed by atoms with Gasteiger partial charge in [0.15, 0.2) is 6.61 Å². The Bertz CT molecular complexity index is 423. The largest absolute Gasteiger partial charge is 0.482 e. The maximum absolute atomic E-state index is 12.2. The number of hydrogen-bond donors (Lipinski definition) is 2. The summed E-state index contributed by atoms with van der Waals surface area (Å²) in [6, 6.07) is 7.03. The minimum Gasteiger partial charge on any atom is -0.482 e. The van der Waals surface area contributed by atoms with Crippen molar-refractivity contribution < 1.29 is 17.9 Å². The number of ether oxygens (including phenoxy) is 1. The van der Waals surface area contributed by atoms with Crippen LogP contribution in [-0.4, -0.2) is 24.9 Å². The lowest BCUT2D eigenvalue weighted by Gasteiger charge is -2.18. The molecule has 106 valence electrons. The van der Waals surface area contributed by atoms with Gasteiger partial charge in [0.25, 0.3) is 0 Å². The number of para-hydroxylation sites is 2. The minimum absolute atomic E-state index is 0.167. The summed E-state index contributed by atoms with van der Waals surface area (Å²) >= 11 is 0. The number of hydrogen-bond acceptors (Lipinski definition) is 3. The molecule has 2 unspecified atom stereocenters. The lowest BCUT2D eigenvalue weighted by Crippen LogP contribution is -2.22. The number of halogens is 3. The van der Waals surface area contributed by atoms with Gasteiger partial charge in [-0.05, 0) is 31.4 Å². The molecule has 0 radical (unpaired) electrons. The topological polar surface area (TPSA) is 47.3 Å². The van der Waals surface area contributed by atoms with Crippen LogP contribution in [0.15, 0.2) is 24.3 Å². The van der Waals surface area contributed by atoms with Crippen molar-refractivity contribution in [3.8, 4) is 5.75 Å². The predicted molar refractivity (Wildman–Crippen MR) is 67.2 cm³/mol. The zero-order valence-corrected chi connectivity index (χ0v) is 10.4. The minimum atomic E-state index is -4.33. The molecule has 0 amide bonds. The van der Waals surface area contributed by atoms with Crippen molar-refractivity contribution >= 4 is 5.69 Å². The Morgan fingerprint density at radius 2 is 2.00 bits per heavy atom. The van der Waals surface area contributed by atoms with Crippen molar-refractivity contribution in [2.75, 3.05) is 11.9 Å². The normalized spacial score (nSPS) is 23.4. The highest BCUT2D eigenvalue weighted by Crippen LogP contribution is 2.29. The molecule has 0 spiro atoms. The van der Waals surface area contributed by atoms with Crippen LogP contribution in [0.1, 0.15) is 19.3 Å². The molecular weight excluding hydrogens is 257 g/mol. The van der Waals surface area contributed by atoms with E-state index in [0.29, 0.717) is 5.69 Å². The Kier molecular flexibility index (Phi) is 4.19. The second-order valence-corrected chi connectivity index (χ2v) is 4.81. The Hall–Kier alpha value is -1.43. The van der Waals surface area contributed by atoms with Crippen molar-refractivity contribution in [2.45, 2.75) is 37.5 Å². The van der Waals surface area contributed by atoms with Gasteiger partial charge in [0.05, 0.1) is 5.69 Å². The molecule has 0 aromatic heterocycles. The molecule has 0 saturated heterocycles. The molecular formula is C13H17F3N2O. The molecule has 2 atom stereocenters. The van der Waals surface area contributed by atoms with Crippen molar-refractivity contribution in [1.29, 1.82) is 0 Å². The van der Waals surface area contributed by atoms with Gasteiger partial charge in [-0.1, -0.05) is 12.1 Å². The van der Waals surface area contributed by atoms with E-state index in [1.165, 1.54) is 6.07 Å². The van der Waals surface area contributed by atoms with Gasteiger partial charge in [-0.25, -0.2) is 0 Å². The van der Waals surface area contributed by atoms with Crippen LogP contribution in [0, 0.1) is 0 Å². The van der Waals surface area contributed by atoms with Gasteiger partial charge >= 0.3 is 6.18 Å². The zero-order valence-electron chi connectivity index (χ0n) is 10.4. The van der Waals surface area contributed by atoms with E-state index in [2.05, 4.69) is 5.32 Å². The fraction of sp³-hybridized carbons (Fsp3) is 0.538. The summed E-state index contributed by atoms with van der Waals surface area (Å²) in [6.07, 6.45) is -1.64. The molecule has 19 heavy (non-hydrogen) atoms. The fourth-order valence-corrected chi connectivity index (χ4v) is 2.24. The van der Waals surface area contributed by atoms with E-state index >= 15 is 0 Å². The van der Waals surface area contributed by atoms with Gasteiger partial charge in [0.1, 0.15) is 5.75 Å². The SMILES string of the molecule is NC1CCC(Nc2ccccc2OCC(F)(F)F)C1. The zero-order chi connectivity index (χ0) is 13.9. The van der Waals surface area contributed by atoms with Gasteiger partial charge in [0.2, 0.25) is 0 Å². The molecule has 1 fully saturated rings. The summed E-state index contributed by atoms with van der Waals surface area (Å²) in [5.41, 5.74) is 6.40. The van der Waals surface area contributed by atoms with Crippen molar-refractivity contribution in [3.05, 3.63) is 24.3 Å². The first-order valence-electron chi connectivity index (χ1n) is 6.25. The number of nitrogens with two attached hydrogens (primary N) is 1. The molecule has 1 aliphatic rings. The number of nitrogens with one attached hydrogen (secondary N) is 1. The molecule has 0 aliphatic heterocycles. The van der Waals surface area contributed by atoms with Gasteiger partial charge in [0, 0.05) is 12.1 Å². The number of anilines is 1. The fourth-order valence-electron chi connectivity index (χ4n) is 2.24. The maximum atomic E-state index is 12.2. The summed E-state index contributed by atoms with van der Waals surface area (Å²) in [6.45, 7) is -1.28. The average molecular weight is 274 g/mol. The van der Waals surface area contributed by atoms with E-state index in [9.17, 15) is 13.2 Å². The standard InChI is InChI=1S/C13H17F3N2O/c14-13(15,16)8-19-12-4-2-1-3-11(12)18-10-6-5-9(17)7-10/h1-4,9-10,18H,5-8,17H2. The highest BCUT2D eigenvalue weighted by Gasteiger charge is 2.29. The van der Waals surface area contributed by atoms with Crippen molar-refractivity contribution in [1.82, 2.24) is 0 Å². The Balaban J connectivity index is 1.99. The van der Waals surface area contributed by atoms with Crippen LogP contribution >= 0.6 is 0 Å². The summed E-state index contributed by atoms with van der Waals surface area (Å²) in [7, 11) is 0. The second kappa shape index (κ2) is 5.69. The van der Waals surface area contributed by atoms with E-state index in [0.717, 1.165) is 19.3 Å². The second-order valence-electron chi connectivity index (χ2n) is 4.81. The van der Waals surface area contributed by atoms with Crippen molar-refractivity contribution in [3.63, 3.8) is 0 Å². The molecule has 6 heteroatoms. The molecule has 0 bridgehead atoms. The van der Waals surface area contributed by atoms with E-state index in [4.69, 9.17) is 10.5 Å². The molecule has 0 heterocycles. The Labute approximate surface area is 109 Å². The third-order valence-corrected chi connectivity index (χ3v) is 3.11. The van der Waals surface area contributed by atoms with E-state index in [-0.39, 0.29) is 17.8 Å². The predicted octanol–water partition coefficient (Wildman–Crippen LogP) is 2.92. The molecule has 2 rings (SSSR count). The van der Waals surface area contributed by atoms with Gasteiger partial charge in [-0.3, -0.25) is 0 Å². The first-order chi connectivity index (χ1) is 8.94. The van der Waals surface area contributed by atoms with Gasteiger partial charge in [-0.2, -0.15) is 13.2 Å². The highest BCUT2D eigenvalue weighted by molar-refractivity contribution is 5.56. The molecule has 3 N–H and O–H groups in total. The van der Waals surface area contributed by atoms with Gasteiger partial charge in [-0.15, -0.1) is 0 Å². The molecule has 3 nitrogen and oxygen atoms in total. The van der Waals surface area contributed by atoms with E-state index < -0.39 is 12.8 Å². The Morgan fingerprint density at radius 1 is 1.26 bits per heavy atom. The number of alkyl halides is 3. The molecule has 1 saturated carbocycles. The van der Waals surface area contributed by atoms with Crippen molar-refractivity contribution in [2.24, 2.45) is 5.73 Å². The van der Waals surface area contributed by atoms with E-state index in [1.807, 2.05) is 0 Å². The van der Waals surface area contributed by atoms with Crippen LogP contribution in [0.4, 0.5) is 18.9 Å². The number of benzene rings is 1. The average Bonchev–Trinajstić information content (AvgIpc) is 2.73. The van der Waals surface area contributed by atoms with Crippen LogP contribution < -0.4 is 15.8 Å². The van der Waals surface area contributed by atoms with Crippen LogP contribution in [0.3, 0.4) is 0 Å². The third kappa shape index (κ3) is 4.31. The van der Waals surface area contributed by atoms with E-state index in [1.54, 1.807) is 18.2 Å². The summed E-state index contributed by atoms with van der Waals surface area (Å²) in [5, 5.41) is 3.20. The van der Waals surface area contributed by atoms with Crippen LogP contribution in [0.5, 0.6) is 5.75 Å². The van der Waals surface area contributed by atoms with Crippen LogP contribution in [-0.2, 0) is 0 Å².